The van der Waals surface area contributed by atoms with E-state index in [1.165, 1.54) is 0 Å². The second-order valence-corrected chi connectivity index (χ2v) is 4.40. The number of alkyl halides is 2. The van der Waals surface area contributed by atoms with Gasteiger partial charge in [0.25, 0.3) is 0 Å². The van der Waals surface area contributed by atoms with Gasteiger partial charge in [0, 0.05) is 12.1 Å². The average Bonchev–Trinajstić information content (AvgIpc) is 2.83. The van der Waals surface area contributed by atoms with Crippen molar-refractivity contribution in [2.24, 2.45) is 5.92 Å². The molecule has 2 fully saturated rings. The van der Waals surface area contributed by atoms with Crippen LogP contribution in [-0.2, 0) is 0 Å². The number of nitrogens with zero attached hydrogens (tertiary/aromatic N) is 1. The van der Waals surface area contributed by atoms with E-state index in [-0.39, 0.29) is 6.54 Å². The zero-order valence-corrected chi connectivity index (χ0v) is 8.03. The zero-order valence-electron chi connectivity index (χ0n) is 8.03. The van der Waals surface area contributed by atoms with Crippen LogP contribution in [0.5, 0.6) is 0 Å². The van der Waals surface area contributed by atoms with Crippen LogP contribution in [0.3, 0.4) is 0 Å². The summed E-state index contributed by atoms with van der Waals surface area (Å²) in [6.45, 7) is 0.282. The molecule has 3 atom stereocenters. The Morgan fingerprint density at radius 1 is 1.36 bits per heavy atom. The monoisotopic (exact) mass is 207 g/mol. The molecule has 5 heteroatoms. The molecule has 3 nitrogen and oxygen atoms in total. The number of aliphatic hydroxyl groups excluding tert-OH is 2. The van der Waals surface area contributed by atoms with Gasteiger partial charge in [0.05, 0.1) is 18.1 Å². The highest BCUT2D eigenvalue weighted by Gasteiger charge is 2.62. The van der Waals surface area contributed by atoms with Gasteiger partial charge < -0.3 is 10.2 Å². The van der Waals surface area contributed by atoms with E-state index in [1.54, 1.807) is 11.9 Å². The summed E-state index contributed by atoms with van der Waals surface area (Å²) in [5.41, 5.74) is -0.549. The lowest BCUT2D eigenvalue weighted by Crippen LogP contribution is -2.60. The number of likely N-dealkylation sites (N-methyl/N-ethyl adjacent to an activating group) is 1. The summed E-state index contributed by atoms with van der Waals surface area (Å²) in [4.78, 5) is 1.77. The Morgan fingerprint density at radius 3 is 2.36 bits per heavy atom. The molecule has 2 aliphatic rings. The van der Waals surface area contributed by atoms with E-state index < -0.39 is 30.1 Å². The van der Waals surface area contributed by atoms with E-state index in [9.17, 15) is 19.0 Å². The first-order valence-electron chi connectivity index (χ1n) is 4.84. The number of likely N-dealkylation sites (tertiary alicyclic amines) is 1. The molecule has 1 unspecified atom stereocenters. The fraction of sp³-hybridized carbons (Fsp3) is 1.00. The fourth-order valence-electron chi connectivity index (χ4n) is 2.61. The molecule has 2 N–H and O–H groups in total. The van der Waals surface area contributed by atoms with Gasteiger partial charge in [-0.1, -0.05) is 0 Å². The highest BCUT2D eigenvalue weighted by molar-refractivity contribution is 5.14. The van der Waals surface area contributed by atoms with Crippen LogP contribution >= 0.6 is 0 Å². The summed E-state index contributed by atoms with van der Waals surface area (Å²) in [6.07, 6.45) is -3.51. The van der Waals surface area contributed by atoms with Gasteiger partial charge in [-0.05, 0) is 19.9 Å². The lowest BCUT2D eigenvalue weighted by Gasteiger charge is -2.44. The lowest BCUT2D eigenvalue weighted by atomic mass is 9.83. The van der Waals surface area contributed by atoms with Crippen molar-refractivity contribution >= 4 is 0 Å². The van der Waals surface area contributed by atoms with Crippen molar-refractivity contribution in [1.29, 1.82) is 0 Å². The van der Waals surface area contributed by atoms with E-state index in [4.69, 9.17) is 0 Å². The SMILES string of the molecule is CN1C[C@@H](O)[C@H](O)C(C(F)F)C12CC2. The summed E-state index contributed by atoms with van der Waals surface area (Å²) < 4.78 is 25.5. The van der Waals surface area contributed by atoms with Crippen LogP contribution in [0.25, 0.3) is 0 Å². The number of β-amino-alcohol motifs (C(OH)–C–C–N with tert-alkyl or cyclic N) is 1. The zero-order chi connectivity index (χ0) is 10.5. The Hall–Kier alpha value is -0.260. The van der Waals surface area contributed by atoms with Crippen molar-refractivity contribution in [2.75, 3.05) is 13.6 Å². The van der Waals surface area contributed by atoms with Gasteiger partial charge in [-0.2, -0.15) is 0 Å². The third-order valence-corrected chi connectivity index (χ3v) is 3.64. The number of aliphatic hydroxyl groups is 2. The Bertz CT molecular complexity index is 233. The summed E-state index contributed by atoms with van der Waals surface area (Å²) >= 11 is 0. The molecule has 0 amide bonds. The Labute approximate surface area is 81.3 Å². The molecule has 0 aromatic carbocycles. The van der Waals surface area contributed by atoms with Crippen molar-refractivity contribution < 1.29 is 19.0 Å². The molecular weight excluding hydrogens is 192 g/mol. The predicted molar refractivity (Wildman–Crippen MR) is 46.1 cm³/mol. The maximum absolute atomic E-state index is 12.8. The van der Waals surface area contributed by atoms with Gasteiger partial charge in [0.1, 0.15) is 0 Å². The largest absolute Gasteiger partial charge is 0.390 e. The maximum atomic E-state index is 12.8. The highest BCUT2D eigenvalue weighted by Crippen LogP contribution is 2.53. The molecule has 0 bridgehead atoms. The molecule has 1 saturated carbocycles. The second kappa shape index (κ2) is 3.12. The molecule has 1 aliphatic carbocycles. The van der Waals surface area contributed by atoms with Gasteiger partial charge in [0.15, 0.2) is 0 Å². The predicted octanol–water partition coefficient (Wildman–Crippen LogP) is 0.0675. The van der Waals surface area contributed by atoms with Gasteiger partial charge in [-0.15, -0.1) is 0 Å². The number of hydrogen-bond donors (Lipinski definition) is 2. The summed E-state index contributed by atoms with van der Waals surface area (Å²) in [7, 11) is 1.73. The van der Waals surface area contributed by atoms with Crippen molar-refractivity contribution in [3.63, 3.8) is 0 Å². The van der Waals surface area contributed by atoms with Crippen LogP contribution < -0.4 is 0 Å². The normalized spacial score (nSPS) is 42.0. The first kappa shape index (κ1) is 10.3. The molecule has 82 valence electrons. The van der Waals surface area contributed by atoms with Crippen LogP contribution in [0.1, 0.15) is 12.8 Å². The minimum atomic E-state index is -2.56. The third kappa shape index (κ3) is 1.26. The van der Waals surface area contributed by atoms with E-state index in [1.807, 2.05) is 0 Å². The molecule has 0 aromatic heterocycles. The molecule has 0 aromatic rings. The van der Waals surface area contributed by atoms with Gasteiger partial charge in [-0.25, -0.2) is 8.78 Å². The van der Waals surface area contributed by atoms with E-state index in [2.05, 4.69) is 0 Å². The summed E-state index contributed by atoms with van der Waals surface area (Å²) in [6, 6.07) is 0. The quantitative estimate of drug-likeness (QED) is 0.639. The van der Waals surface area contributed by atoms with Crippen LogP contribution in [0, 0.1) is 5.92 Å². The summed E-state index contributed by atoms with van der Waals surface area (Å²) in [5, 5.41) is 18.9. The molecule has 1 heterocycles. The second-order valence-electron chi connectivity index (χ2n) is 4.40. The van der Waals surface area contributed by atoms with Crippen molar-refractivity contribution in [1.82, 2.24) is 4.90 Å². The fourth-order valence-corrected chi connectivity index (χ4v) is 2.61. The number of hydrogen-bond acceptors (Lipinski definition) is 3. The van der Waals surface area contributed by atoms with E-state index >= 15 is 0 Å². The van der Waals surface area contributed by atoms with Crippen molar-refractivity contribution in [3.05, 3.63) is 0 Å². The standard InChI is InChI=1S/C9H15F2NO2/c1-12-4-5(13)7(14)6(8(10)11)9(12)2-3-9/h5-8,13-14H,2-4H2,1H3/t5-,6?,7+/m1/s1. The van der Waals surface area contributed by atoms with Crippen molar-refractivity contribution in [3.8, 4) is 0 Å². The maximum Gasteiger partial charge on any atom is 0.245 e. The summed E-state index contributed by atoms with van der Waals surface area (Å²) in [5.74, 6) is -1.10. The molecular formula is C9H15F2NO2. The van der Waals surface area contributed by atoms with Gasteiger partial charge in [0.2, 0.25) is 6.43 Å². The van der Waals surface area contributed by atoms with Crippen molar-refractivity contribution in [2.45, 2.75) is 37.0 Å². The smallest absolute Gasteiger partial charge is 0.245 e. The van der Waals surface area contributed by atoms with Crippen LogP contribution in [-0.4, -0.2) is 52.9 Å². The molecule has 1 aliphatic heterocycles. The number of rotatable bonds is 1. The third-order valence-electron chi connectivity index (χ3n) is 3.64. The molecule has 1 saturated heterocycles. The van der Waals surface area contributed by atoms with Gasteiger partial charge in [-0.3, -0.25) is 4.90 Å². The Kier molecular flexibility index (Phi) is 2.28. The van der Waals surface area contributed by atoms with Gasteiger partial charge >= 0.3 is 0 Å². The first-order chi connectivity index (χ1) is 6.49. The molecule has 0 radical (unpaired) electrons. The van der Waals surface area contributed by atoms with E-state index in [0.29, 0.717) is 12.8 Å². The topological polar surface area (TPSA) is 43.7 Å². The average molecular weight is 207 g/mol. The van der Waals surface area contributed by atoms with E-state index in [0.717, 1.165) is 0 Å². The number of piperidine rings is 1. The minimum Gasteiger partial charge on any atom is -0.390 e. The molecule has 2 rings (SSSR count). The first-order valence-corrected chi connectivity index (χ1v) is 4.84. The molecule has 14 heavy (non-hydrogen) atoms. The Balaban J connectivity index is 2.23. The Morgan fingerprint density at radius 2 is 1.93 bits per heavy atom. The van der Waals surface area contributed by atoms with Crippen LogP contribution in [0.4, 0.5) is 8.78 Å². The minimum absolute atomic E-state index is 0.282. The van der Waals surface area contributed by atoms with Crippen LogP contribution in [0.15, 0.2) is 0 Å². The molecule has 1 spiro atoms. The van der Waals surface area contributed by atoms with Crippen LogP contribution in [0.2, 0.25) is 0 Å². The highest BCUT2D eigenvalue weighted by atomic mass is 19.3. The number of halogens is 2. The lowest BCUT2D eigenvalue weighted by molar-refractivity contribution is -0.145.